The van der Waals surface area contributed by atoms with Gasteiger partial charge in [0.1, 0.15) is 0 Å². The van der Waals surface area contributed by atoms with E-state index in [-0.39, 0.29) is 0 Å². The maximum atomic E-state index is 2.92. The van der Waals surface area contributed by atoms with Crippen LogP contribution in [0.5, 0.6) is 0 Å². The number of rotatable bonds is 54. The van der Waals surface area contributed by atoms with Gasteiger partial charge >= 0.3 is 0 Å². The molecule has 0 nitrogen and oxygen atoms in total. The molecule has 0 aliphatic carbocycles. The Morgan fingerprint density at radius 1 is 0.146 bits per heavy atom. The Balaban J connectivity index is 14.0. The van der Waals surface area contributed by atoms with Gasteiger partial charge in [0.25, 0.3) is 0 Å². The summed E-state index contributed by atoms with van der Waals surface area (Å²) in [5.74, 6) is 24.0. The number of hydrogen-bond acceptors (Lipinski definition) is 0. The van der Waals surface area contributed by atoms with Gasteiger partial charge < -0.3 is 0 Å². The third-order valence-corrected chi connectivity index (χ3v) is 31.5. The first kappa shape index (κ1) is 96.0. The Morgan fingerprint density at radius 3 is 0.625 bits per heavy atom. The van der Waals surface area contributed by atoms with E-state index < -0.39 is 0 Å². The van der Waals surface area contributed by atoms with Crippen LogP contribution in [0.4, 0.5) is 0 Å². The van der Waals surface area contributed by atoms with Gasteiger partial charge in [-0.3, -0.25) is 0 Å². The molecule has 0 spiro atoms. The highest BCUT2D eigenvalue weighted by atomic mass is 14.7. The van der Waals surface area contributed by atoms with E-state index in [4.69, 9.17) is 0 Å². The lowest BCUT2D eigenvalue weighted by Gasteiger charge is -2.65. The zero-order valence-electron chi connectivity index (χ0n) is 74.8. The molecule has 24 atom stereocenters. The van der Waals surface area contributed by atoms with Crippen LogP contribution in [0.1, 0.15) is 387 Å². The van der Waals surface area contributed by atoms with E-state index in [2.05, 4.69) is 284 Å². The molecule has 0 bridgehead atoms. The molecule has 0 N–H and O–H groups in total. The zero-order valence-corrected chi connectivity index (χ0v) is 74.8. The summed E-state index contributed by atoms with van der Waals surface area (Å²) in [7, 11) is 0. The molecule has 0 saturated carbocycles. The van der Waals surface area contributed by atoms with E-state index in [1.54, 1.807) is 0 Å². The van der Waals surface area contributed by atoms with Crippen molar-refractivity contribution in [1.82, 2.24) is 0 Å². The van der Waals surface area contributed by atoms with Crippen molar-refractivity contribution in [2.24, 2.45) is 231 Å². The molecule has 0 saturated heterocycles. The molecule has 0 aliphatic heterocycles. The Hall–Kier alpha value is 0. The molecule has 0 aromatic carbocycles. The normalized spacial score (nSPS) is 21.6. The molecular formula is C96H194. The Bertz CT molecular complexity index is 1810. The summed E-state index contributed by atoms with van der Waals surface area (Å²) >= 11 is 0. The van der Waals surface area contributed by atoms with Gasteiger partial charge in [-0.2, -0.15) is 0 Å². The van der Waals surface area contributed by atoms with Crippen LogP contribution in [0.2, 0.25) is 0 Å². The SMILES string of the molecule is CCCC(C(CC)CC)C(C(C(CC)C(C)C)C(CC)C(C)C)C(C(C(C(CC)CC)C(C)C(C)C)C(C(C)C(C)C)C(CC)C(C)C)C(C(C(C(C)C(C)C)C(C)C(C)C)C(C(C)CC)C(CC)C(C)C)C(C(C(C)CC)C(CC)C(C)C)C(C(CC)CC)C(CC)C(C)C. The van der Waals surface area contributed by atoms with E-state index in [9.17, 15) is 0 Å². The van der Waals surface area contributed by atoms with Crippen LogP contribution in [-0.4, -0.2) is 0 Å². The molecule has 0 heteroatoms. The van der Waals surface area contributed by atoms with Gasteiger partial charge in [0.05, 0.1) is 0 Å². The highest BCUT2D eigenvalue weighted by Crippen LogP contribution is 2.68. The van der Waals surface area contributed by atoms with Crippen molar-refractivity contribution in [1.29, 1.82) is 0 Å². The van der Waals surface area contributed by atoms with Gasteiger partial charge in [-0.1, -0.05) is 387 Å². The average Bonchev–Trinajstić information content (AvgIpc) is 0.715. The van der Waals surface area contributed by atoms with Gasteiger partial charge in [0.15, 0.2) is 0 Å². The lowest BCUT2D eigenvalue weighted by molar-refractivity contribution is -0.179. The minimum atomic E-state index is 0.540. The van der Waals surface area contributed by atoms with Crippen molar-refractivity contribution in [2.45, 2.75) is 387 Å². The van der Waals surface area contributed by atoms with Crippen molar-refractivity contribution in [3.8, 4) is 0 Å². The summed E-state index contributed by atoms with van der Waals surface area (Å²) in [4.78, 5) is 0. The van der Waals surface area contributed by atoms with E-state index in [0.717, 1.165) is 0 Å². The van der Waals surface area contributed by atoms with E-state index in [0.29, 0.717) is 231 Å². The van der Waals surface area contributed by atoms with Crippen LogP contribution >= 0.6 is 0 Å². The maximum absolute atomic E-state index is 2.92. The zero-order chi connectivity index (χ0) is 74.8. The van der Waals surface area contributed by atoms with Crippen molar-refractivity contribution in [3.05, 3.63) is 0 Å². The fourth-order valence-electron chi connectivity index (χ4n) is 25.1. The highest BCUT2D eigenvalue weighted by Gasteiger charge is 2.63. The third kappa shape index (κ3) is 24.3. The second kappa shape index (κ2) is 47.5. The predicted octanol–water partition coefficient (Wildman–Crippen LogP) is 32.1. The van der Waals surface area contributed by atoms with Crippen LogP contribution in [-0.2, 0) is 0 Å². The lowest BCUT2D eigenvalue weighted by Crippen LogP contribution is -2.61. The molecule has 96 heavy (non-hydrogen) atoms. The Morgan fingerprint density at radius 2 is 0.365 bits per heavy atom. The predicted molar refractivity (Wildman–Crippen MR) is 443 cm³/mol. The van der Waals surface area contributed by atoms with E-state index in [1.807, 2.05) is 0 Å². The van der Waals surface area contributed by atoms with Crippen LogP contribution in [0.3, 0.4) is 0 Å². The second-order valence-electron chi connectivity index (χ2n) is 38.8. The van der Waals surface area contributed by atoms with Gasteiger partial charge in [-0.15, -0.1) is 0 Å². The molecule has 0 rings (SSSR count). The van der Waals surface area contributed by atoms with E-state index >= 15 is 0 Å². The van der Waals surface area contributed by atoms with Crippen LogP contribution in [0, 0.1) is 231 Å². The topological polar surface area (TPSA) is 0 Å². The largest absolute Gasteiger partial charge is 0.0654 e. The molecule has 578 valence electrons. The van der Waals surface area contributed by atoms with Crippen LogP contribution in [0.25, 0.3) is 0 Å². The molecular weight excluding hydrogens is 1150 g/mol. The fourth-order valence-corrected chi connectivity index (χ4v) is 25.1. The second-order valence-corrected chi connectivity index (χ2v) is 38.8. The quantitative estimate of drug-likeness (QED) is 0.0569. The smallest absolute Gasteiger partial charge is 0.0312 e. The molecule has 24 unspecified atom stereocenters. The molecule has 0 aliphatic rings. The summed E-state index contributed by atoms with van der Waals surface area (Å²) in [5, 5.41) is 0. The third-order valence-electron chi connectivity index (χ3n) is 31.5. The molecule has 0 radical (unpaired) electrons. The van der Waals surface area contributed by atoms with Crippen molar-refractivity contribution in [3.63, 3.8) is 0 Å². The molecule has 0 fully saturated rings. The Kier molecular flexibility index (Phi) is 47.5. The standard InChI is InChI=1S/C96H194/c1-42-57-83(74(45-4)46-5)91(90(81(55-14)66(32)33)82(56-15)67(34)35)95(94(87(72(40)60(20)21)75(47-6)48-7)88(73(41)61(22)23)79(53-12)64(28)29)96(92(84(68(36)43-2)77(51-10)62(24)25)86(70(38)58(16)17)71(39)59(18)19)93(85(69(37)44-3)78(52-11)63(26)27)89(76(49-8)50-9)80(54-13)65(30)31/h58-96H,42-57H2,1-41H3. The van der Waals surface area contributed by atoms with Crippen molar-refractivity contribution in [2.75, 3.05) is 0 Å². The van der Waals surface area contributed by atoms with Crippen LogP contribution in [0.15, 0.2) is 0 Å². The first-order chi connectivity index (χ1) is 44.9. The van der Waals surface area contributed by atoms with Gasteiger partial charge in [-0.25, -0.2) is 0 Å². The molecule has 0 amide bonds. The minimum absolute atomic E-state index is 0.540. The van der Waals surface area contributed by atoms with Gasteiger partial charge in [0, 0.05) is 0 Å². The van der Waals surface area contributed by atoms with E-state index in [1.165, 1.54) is 103 Å². The highest BCUT2D eigenvalue weighted by molar-refractivity contribution is 5.11. The fraction of sp³-hybridized carbons (Fsp3) is 1.00. The monoisotopic (exact) mass is 1350 g/mol. The van der Waals surface area contributed by atoms with Crippen molar-refractivity contribution < 1.29 is 0 Å². The van der Waals surface area contributed by atoms with Gasteiger partial charge in [-0.05, 0) is 231 Å². The molecule has 0 heterocycles. The molecule has 0 aromatic heterocycles. The Labute approximate surface area is 613 Å². The average molecular weight is 1350 g/mol. The van der Waals surface area contributed by atoms with Gasteiger partial charge in [0.2, 0.25) is 0 Å². The maximum Gasteiger partial charge on any atom is -0.0312 e. The summed E-state index contributed by atoms with van der Waals surface area (Å²) in [5.41, 5.74) is 0. The summed E-state index contributed by atoms with van der Waals surface area (Å²) in [6.07, 6.45) is 20.8. The van der Waals surface area contributed by atoms with Crippen LogP contribution < -0.4 is 0 Å². The lowest BCUT2D eigenvalue weighted by atomic mass is 9.39. The van der Waals surface area contributed by atoms with Crippen molar-refractivity contribution >= 4 is 0 Å². The number of hydrogen-bond donors (Lipinski definition) is 0. The summed E-state index contributed by atoms with van der Waals surface area (Å²) in [6, 6.07) is 0. The minimum Gasteiger partial charge on any atom is -0.0654 e. The first-order valence-electron chi connectivity index (χ1n) is 44.9. The molecule has 0 aromatic rings. The first-order valence-corrected chi connectivity index (χ1v) is 44.9. The summed E-state index contributed by atoms with van der Waals surface area (Å²) < 4.78 is 0. The summed E-state index contributed by atoms with van der Waals surface area (Å²) in [6.45, 7) is 113.